The van der Waals surface area contributed by atoms with E-state index in [0.717, 1.165) is 22.5 Å². The molecular weight excluding hydrogens is 308 g/mol. The first-order chi connectivity index (χ1) is 11.2. The van der Waals surface area contributed by atoms with Gasteiger partial charge < -0.3 is 0 Å². The molecule has 0 fully saturated rings. The quantitative estimate of drug-likeness (QED) is 0.729. The summed E-state index contributed by atoms with van der Waals surface area (Å²) in [6.45, 7) is 12.1. The fraction of sp³-hybridized carbons (Fsp3) is 0.375. The summed E-state index contributed by atoms with van der Waals surface area (Å²) in [7, 11) is 1.58. The summed E-state index contributed by atoms with van der Waals surface area (Å²) in [6.07, 6.45) is 0. The number of aromatic nitrogens is 6. The van der Waals surface area contributed by atoms with E-state index in [1.54, 1.807) is 16.3 Å². The average Bonchev–Trinajstić information content (AvgIpc) is 2.98. The second kappa shape index (κ2) is 5.33. The summed E-state index contributed by atoms with van der Waals surface area (Å²) >= 11 is 0. The summed E-state index contributed by atoms with van der Waals surface area (Å²) in [5.74, 6) is 0.494. The van der Waals surface area contributed by atoms with Crippen molar-refractivity contribution in [1.82, 2.24) is 28.9 Å². The van der Waals surface area contributed by atoms with Gasteiger partial charge in [0.05, 0.1) is 5.69 Å². The molecule has 24 heavy (non-hydrogen) atoms. The van der Waals surface area contributed by atoms with E-state index in [9.17, 15) is 9.59 Å². The van der Waals surface area contributed by atoms with Crippen LogP contribution in [0.15, 0.2) is 21.7 Å². The van der Waals surface area contributed by atoms with E-state index >= 15 is 0 Å². The number of nitrogens with zero attached hydrogens (tertiary/aromatic N) is 5. The zero-order valence-corrected chi connectivity index (χ0v) is 14.5. The van der Waals surface area contributed by atoms with Gasteiger partial charge in [0, 0.05) is 19.3 Å². The molecule has 0 aliphatic heterocycles. The van der Waals surface area contributed by atoms with Crippen molar-refractivity contribution in [2.24, 2.45) is 7.05 Å². The Morgan fingerprint density at radius 2 is 1.92 bits per heavy atom. The van der Waals surface area contributed by atoms with Crippen molar-refractivity contribution < 1.29 is 0 Å². The van der Waals surface area contributed by atoms with Crippen LogP contribution in [0.3, 0.4) is 0 Å². The van der Waals surface area contributed by atoms with Gasteiger partial charge in [-0.25, -0.2) is 9.48 Å². The molecule has 0 bridgehead atoms. The maximum Gasteiger partial charge on any atom is 0.329 e. The van der Waals surface area contributed by atoms with Crippen LogP contribution in [-0.2, 0) is 13.6 Å². The van der Waals surface area contributed by atoms with Gasteiger partial charge in [-0.2, -0.15) is 10.1 Å². The molecule has 8 heteroatoms. The number of nitrogens with one attached hydrogen (secondary N) is 1. The largest absolute Gasteiger partial charge is 0.329 e. The first-order valence-electron chi connectivity index (χ1n) is 7.59. The van der Waals surface area contributed by atoms with Crippen LogP contribution in [-0.4, -0.2) is 28.9 Å². The Labute approximate surface area is 138 Å². The van der Waals surface area contributed by atoms with Crippen LogP contribution >= 0.6 is 0 Å². The third-order valence-electron chi connectivity index (χ3n) is 4.26. The fourth-order valence-electron chi connectivity index (χ4n) is 2.72. The van der Waals surface area contributed by atoms with Crippen LogP contribution in [0, 0.1) is 20.8 Å². The third-order valence-corrected chi connectivity index (χ3v) is 4.26. The van der Waals surface area contributed by atoms with Gasteiger partial charge in [-0.1, -0.05) is 12.2 Å². The van der Waals surface area contributed by atoms with E-state index in [-0.39, 0.29) is 0 Å². The first-order valence-corrected chi connectivity index (χ1v) is 7.59. The van der Waals surface area contributed by atoms with E-state index < -0.39 is 11.2 Å². The Morgan fingerprint density at radius 3 is 2.46 bits per heavy atom. The highest BCUT2D eigenvalue weighted by atomic mass is 16.2. The lowest BCUT2D eigenvalue weighted by Crippen LogP contribution is -2.29. The molecule has 3 aromatic rings. The summed E-state index contributed by atoms with van der Waals surface area (Å²) in [5.41, 5.74) is 3.45. The van der Waals surface area contributed by atoms with E-state index in [4.69, 9.17) is 0 Å². The molecule has 3 aromatic heterocycles. The Hall–Kier alpha value is -2.90. The van der Waals surface area contributed by atoms with Crippen molar-refractivity contribution in [1.29, 1.82) is 0 Å². The van der Waals surface area contributed by atoms with Crippen molar-refractivity contribution in [3.05, 3.63) is 49.9 Å². The SMILES string of the molecule is C=C(C)Cn1c(-n2nc(C)c(C)c2C)nc2c1c(=O)[nH]c(=O)n2C. The highest BCUT2D eigenvalue weighted by Crippen LogP contribution is 2.20. The molecule has 1 N–H and O–H groups in total. The van der Waals surface area contributed by atoms with Crippen molar-refractivity contribution in [2.75, 3.05) is 0 Å². The van der Waals surface area contributed by atoms with Gasteiger partial charge in [0.2, 0.25) is 5.95 Å². The lowest BCUT2D eigenvalue weighted by molar-refractivity contribution is 0.696. The number of hydrogen-bond donors (Lipinski definition) is 1. The van der Waals surface area contributed by atoms with Gasteiger partial charge in [0.15, 0.2) is 11.2 Å². The number of aromatic amines is 1. The van der Waals surface area contributed by atoms with E-state index in [1.165, 1.54) is 4.57 Å². The summed E-state index contributed by atoms with van der Waals surface area (Å²) < 4.78 is 4.78. The van der Waals surface area contributed by atoms with Gasteiger partial charge in [-0.05, 0) is 33.3 Å². The fourth-order valence-corrected chi connectivity index (χ4v) is 2.72. The molecule has 0 amide bonds. The number of aryl methyl sites for hydroxylation is 2. The number of hydrogen-bond acceptors (Lipinski definition) is 4. The van der Waals surface area contributed by atoms with Crippen molar-refractivity contribution in [2.45, 2.75) is 34.2 Å². The van der Waals surface area contributed by atoms with E-state index in [1.807, 2.05) is 27.7 Å². The lowest BCUT2D eigenvalue weighted by Gasteiger charge is -2.09. The topological polar surface area (TPSA) is 90.5 Å². The molecule has 3 rings (SSSR count). The molecule has 126 valence electrons. The Morgan fingerprint density at radius 1 is 1.25 bits per heavy atom. The van der Waals surface area contributed by atoms with Crippen molar-refractivity contribution in [3.8, 4) is 5.95 Å². The third kappa shape index (κ3) is 2.22. The maximum atomic E-state index is 12.4. The van der Waals surface area contributed by atoms with E-state index in [0.29, 0.717) is 23.7 Å². The van der Waals surface area contributed by atoms with E-state index in [2.05, 4.69) is 21.6 Å². The molecule has 0 aliphatic rings. The second-order valence-corrected chi connectivity index (χ2v) is 6.15. The van der Waals surface area contributed by atoms with Crippen LogP contribution in [0.5, 0.6) is 0 Å². The van der Waals surface area contributed by atoms with Gasteiger partial charge in [-0.15, -0.1) is 0 Å². The van der Waals surface area contributed by atoms with Gasteiger partial charge in [0.25, 0.3) is 5.56 Å². The number of imidazole rings is 1. The number of H-pyrrole nitrogens is 1. The molecule has 8 nitrogen and oxygen atoms in total. The van der Waals surface area contributed by atoms with Crippen LogP contribution < -0.4 is 11.2 Å². The molecular formula is C16H20N6O2. The Kier molecular flexibility index (Phi) is 3.55. The number of rotatable bonds is 3. The van der Waals surface area contributed by atoms with Crippen LogP contribution in [0.4, 0.5) is 0 Å². The van der Waals surface area contributed by atoms with Crippen LogP contribution in [0.2, 0.25) is 0 Å². The summed E-state index contributed by atoms with van der Waals surface area (Å²) in [5, 5.41) is 4.53. The minimum absolute atomic E-state index is 0.324. The predicted octanol–water partition coefficient (Wildman–Crippen LogP) is 1.11. The zero-order chi connectivity index (χ0) is 17.8. The smallest absolute Gasteiger partial charge is 0.298 e. The van der Waals surface area contributed by atoms with Crippen LogP contribution in [0.1, 0.15) is 23.9 Å². The summed E-state index contributed by atoms with van der Waals surface area (Å²) in [4.78, 5) is 31.1. The monoisotopic (exact) mass is 328 g/mol. The standard InChI is InChI=1S/C16H20N6O2/c1-8(2)7-21-12-13(20(6)16(24)18-14(12)23)17-15(21)22-11(5)9(3)10(4)19-22/h1,7H2,2-6H3,(H,18,23,24). The molecule has 0 spiro atoms. The normalized spacial score (nSPS) is 11.4. The van der Waals surface area contributed by atoms with Gasteiger partial charge >= 0.3 is 5.69 Å². The maximum absolute atomic E-state index is 12.4. The van der Waals surface area contributed by atoms with Crippen molar-refractivity contribution >= 4 is 11.2 Å². The molecule has 0 radical (unpaired) electrons. The van der Waals surface area contributed by atoms with Gasteiger partial charge in [-0.3, -0.25) is 18.9 Å². The van der Waals surface area contributed by atoms with Gasteiger partial charge in [0.1, 0.15) is 0 Å². The first kappa shape index (κ1) is 16.0. The average molecular weight is 328 g/mol. The molecule has 0 unspecified atom stereocenters. The molecule has 0 saturated heterocycles. The molecule has 0 aromatic carbocycles. The second-order valence-electron chi connectivity index (χ2n) is 6.15. The molecule has 3 heterocycles. The minimum atomic E-state index is -0.497. The Balaban J connectivity index is 2.47. The number of fused-ring (bicyclic) bond motifs is 1. The Bertz CT molecular complexity index is 1090. The molecule has 0 aliphatic carbocycles. The molecule has 0 atom stereocenters. The number of allylic oxidation sites excluding steroid dienone is 1. The minimum Gasteiger partial charge on any atom is -0.298 e. The van der Waals surface area contributed by atoms with Crippen LogP contribution in [0.25, 0.3) is 17.1 Å². The highest BCUT2D eigenvalue weighted by Gasteiger charge is 2.21. The zero-order valence-electron chi connectivity index (χ0n) is 14.5. The summed E-state index contributed by atoms with van der Waals surface area (Å²) in [6, 6.07) is 0. The predicted molar refractivity (Wildman–Crippen MR) is 91.7 cm³/mol. The highest BCUT2D eigenvalue weighted by molar-refractivity contribution is 5.72. The molecule has 0 saturated carbocycles. The van der Waals surface area contributed by atoms with Crippen molar-refractivity contribution in [3.63, 3.8) is 0 Å². The lowest BCUT2D eigenvalue weighted by atomic mass is 10.2.